The molecule has 0 spiro atoms. The summed E-state index contributed by atoms with van der Waals surface area (Å²) in [5.41, 5.74) is 18.3. The van der Waals surface area contributed by atoms with Crippen LogP contribution in [0.3, 0.4) is 0 Å². The number of hydrogen-bond donors (Lipinski definition) is 8. The standard InChI is InChI=1S/2C23H23N5O.C20H20N4O.C16H16ClN5/c2*29-15-17-11-23-25-13-21(28(23)14-19(17)16-5-4-10-24-12-16)20-8-3-9-22(27-20)26-18-6-1-2-7-18;1-2-14-12-24-18(11-21-20(24)10-15(14)13-25)17-8-5-9-19(23-17)22-16-6-3-4-7-16;1-10-4-13(21-15(5-10)20-12-6-18-7-12)14-8-19-16-3-2-11(17)9-22(14)16/h2*3-5,8-14,18,29H,1-2,6-7,15H2,(H,26,27);1,5,8-12,16,25H,3-4,6-7,13H2,(H,22,23);2-5,8-9,12,18H,6-7H2,1H3,(H,20,21). The van der Waals surface area contributed by atoms with Gasteiger partial charge in [0.2, 0.25) is 0 Å². The lowest BCUT2D eigenvalue weighted by molar-refractivity contribution is 0.281. The van der Waals surface area contributed by atoms with Gasteiger partial charge in [0.05, 0.1) is 101 Å². The van der Waals surface area contributed by atoms with Crippen molar-refractivity contribution >= 4 is 57.5 Å². The molecule has 3 aliphatic carbocycles. The largest absolute Gasteiger partial charge is 0.392 e. The highest BCUT2D eigenvalue weighted by Crippen LogP contribution is 2.34. The lowest BCUT2D eigenvalue weighted by atomic mass is 10.0. The highest BCUT2D eigenvalue weighted by molar-refractivity contribution is 6.30. The lowest BCUT2D eigenvalue weighted by Gasteiger charge is -2.28. The minimum atomic E-state index is -0.0999. The molecule has 18 rings (SSSR count). The van der Waals surface area contributed by atoms with Gasteiger partial charge in [-0.1, -0.05) is 86.4 Å². The molecule has 23 heteroatoms. The summed E-state index contributed by atoms with van der Waals surface area (Å²) < 4.78 is 7.96. The summed E-state index contributed by atoms with van der Waals surface area (Å²) >= 11 is 6.10. The average Bonchev–Trinajstić information content (AvgIpc) is 1.71. The van der Waals surface area contributed by atoms with Crippen molar-refractivity contribution in [3.8, 4) is 80.1 Å². The summed E-state index contributed by atoms with van der Waals surface area (Å²) in [5, 5.41) is 47.2. The third-order valence-corrected chi connectivity index (χ3v) is 20.0. The maximum atomic E-state index is 9.86. The van der Waals surface area contributed by atoms with Gasteiger partial charge in [-0.2, -0.15) is 0 Å². The van der Waals surface area contributed by atoms with E-state index in [1.807, 2.05) is 170 Å². The molecular weight excluding hydrogens is 1330 g/mol. The second kappa shape index (κ2) is 32.1. The van der Waals surface area contributed by atoms with Gasteiger partial charge >= 0.3 is 0 Å². The molecule has 530 valence electrons. The molecule has 4 aliphatic rings. The van der Waals surface area contributed by atoms with E-state index in [0.29, 0.717) is 40.3 Å². The molecule has 105 heavy (non-hydrogen) atoms. The van der Waals surface area contributed by atoms with Crippen molar-refractivity contribution in [2.45, 2.75) is 128 Å². The maximum Gasteiger partial charge on any atom is 0.137 e. The van der Waals surface area contributed by atoms with Crippen LogP contribution in [0, 0.1) is 19.3 Å². The Hall–Kier alpha value is -11.5. The topological polar surface area (TPSA) is 267 Å². The molecule has 0 aromatic carbocycles. The summed E-state index contributed by atoms with van der Waals surface area (Å²) in [4.78, 5) is 45.6. The van der Waals surface area contributed by atoms with Crippen LogP contribution in [-0.2, 0) is 19.8 Å². The van der Waals surface area contributed by atoms with Crippen molar-refractivity contribution in [2.24, 2.45) is 0 Å². The van der Waals surface area contributed by atoms with Crippen molar-refractivity contribution in [1.82, 2.24) is 72.8 Å². The highest BCUT2D eigenvalue weighted by atomic mass is 35.5. The first kappa shape index (κ1) is 69.3. The Balaban J connectivity index is 0.000000113. The third-order valence-electron chi connectivity index (χ3n) is 19.8. The fraction of sp³-hybridized carbons (Fsp3) is 0.268. The maximum absolute atomic E-state index is 9.86. The number of nitrogens with zero attached hydrogens (tertiary/aromatic N) is 14. The number of halogens is 1. The van der Waals surface area contributed by atoms with Crippen molar-refractivity contribution < 1.29 is 15.3 Å². The Morgan fingerprint density at radius 1 is 0.438 bits per heavy atom. The number of nitrogens with one attached hydrogen (secondary N) is 5. The molecule has 4 fully saturated rings. The van der Waals surface area contributed by atoms with Crippen molar-refractivity contribution in [3.05, 3.63) is 229 Å². The normalized spacial score (nSPS) is 14.7. The van der Waals surface area contributed by atoms with Crippen LogP contribution in [-0.4, -0.2) is 120 Å². The molecule has 15 heterocycles. The van der Waals surface area contributed by atoms with E-state index in [1.165, 1.54) is 77.0 Å². The minimum Gasteiger partial charge on any atom is -0.392 e. The molecule has 14 aromatic heterocycles. The Morgan fingerprint density at radius 2 is 0.848 bits per heavy atom. The lowest BCUT2D eigenvalue weighted by Crippen LogP contribution is -2.51. The Kier molecular flexibility index (Phi) is 21.2. The van der Waals surface area contributed by atoms with E-state index < -0.39 is 0 Å². The number of aliphatic hydroxyl groups excluding tert-OH is 3. The molecule has 3 saturated carbocycles. The molecular formula is C82H82ClN19O3. The molecule has 0 bridgehead atoms. The molecule has 22 nitrogen and oxygen atoms in total. The zero-order valence-corrected chi connectivity index (χ0v) is 59.1. The smallest absolute Gasteiger partial charge is 0.137 e. The Bertz CT molecular complexity index is 5200. The van der Waals surface area contributed by atoms with Crippen LogP contribution < -0.4 is 26.6 Å². The molecule has 0 unspecified atom stereocenters. The van der Waals surface area contributed by atoms with Crippen LogP contribution in [0.2, 0.25) is 5.02 Å². The van der Waals surface area contributed by atoms with Crippen LogP contribution >= 0.6 is 11.6 Å². The Morgan fingerprint density at radius 3 is 1.27 bits per heavy atom. The number of aliphatic hydroxyl groups is 3. The van der Waals surface area contributed by atoms with Gasteiger partial charge in [0.15, 0.2) is 0 Å². The first-order valence-electron chi connectivity index (χ1n) is 36.0. The van der Waals surface area contributed by atoms with Gasteiger partial charge < -0.3 is 41.9 Å². The summed E-state index contributed by atoms with van der Waals surface area (Å²) in [5.74, 6) is 6.23. The number of aromatic nitrogens is 14. The van der Waals surface area contributed by atoms with Gasteiger partial charge in [-0.25, -0.2) is 39.9 Å². The molecule has 0 atom stereocenters. The fourth-order valence-corrected chi connectivity index (χ4v) is 14.4. The number of imidazole rings is 4. The molecule has 1 saturated heterocycles. The number of anilines is 4. The SMILES string of the molecule is C#Cc1cn2c(-c3cccc(NC4CCCC4)n3)cnc2cc1CO.Cc1cc(NC2CNC2)nc(-c2cnc3ccc(Cl)cn23)c1.OCc1cc2ncc(-c3cccc(NC4CCCC4)n3)n2cc1-c1cccnc1.OCc1cc2ncc(-c3cccc(NC4CCCC4)n3)n2cc1-c1cccnc1. The van der Waals surface area contributed by atoms with E-state index in [9.17, 15) is 15.3 Å². The zero-order chi connectivity index (χ0) is 71.6. The predicted molar refractivity (Wildman–Crippen MR) is 414 cm³/mol. The summed E-state index contributed by atoms with van der Waals surface area (Å²) in [6.07, 6.45) is 42.7. The quantitative estimate of drug-likeness (QED) is 0.0394. The van der Waals surface area contributed by atoms with Gasteiger partial charge in [0, 0.05) is 109 Å². The number of hydrogen-bond acceptors (Lipinski definition) is 18. The van der Waals surface area contributed by atoms with E-state index in [2.05, 4.69) is 81.5 Å². The number of fused-ring (bicyclic) bond motifs is 4. The fourth-order valence-electron chi connectivity index (χ4n) is 14.3. The van der Waals surface area contributed by atoms with Crippen molar-refractivity contribution in [2.75, 3.05) is 34.4 Å². The molecule has 0 radical (unpaired) electrons. The first-order valence-corrected chi connectivity index (χ1v) is 36.4. The zero-order valence-electron chi connectivity index (χ0n) is 58.4. The number of pyridine rings is 10. The van der Waals surface area contributed by atoms with Crippen molar-refractivity contribution in [1.29, 1.82) is 0 Å². The third kappa shape index (κ3) is 15.9. The second-order valence-corrected chi connectivity index (χ2v) is 27.5. The van der Waals surface area contributed by atoms with Crippen molar-refractivity contribution in [3.63, 3.8) is 0 Å². The van der Waals surface area contributed by atoms with Crippen LogP contribution in [0.15, 0.2) is 196 Å². The highest BCUT2D eigenvalue weighted by Gasteiger charge is 2.23. The van der Waals surface area contributed by atoms with E-state index in [0.717, 1.165) is 143 Å². The minimum absolute atomic E-state index is 0.0536. The van der Waals surface area contributed by atoms with Crippen LogP contribution in [0.1, 0.15) is 105 Å². The molecule has 1 aliphatic heterocycles. The number of aryl methyl sites for hydroxylation is 1. The Labute approximate surface area is 613 Å². The predicted octanol–water partition coefficient (Wildman–Crippen LogP) is 14.6. The number of rotatable bonds is 17. The molecule has 14 aromatic rings. The first-order chi connectivity index (χ1) is 51.6. The second-order valence-electron chi connectivity index (χ2n) is 27.1. The summed E-state index contributed by atoms with van der Waals surface area (Å²) in [6, 6.07) is 41.4. The molecule has 8 N–H and O–H groups in total. The van der Waals surface area contributed by atoms with Gasteiger partial charge in [-0.05, 0) is 159 Å². The van der Waals surface area contributed by atoms with Crippen LogP contribution in [0.4, 0.5) is 23.3 Å². The number of terminal acetylenes is 1. The van der Waals surface area contributed by atoms with E-state index in [1.54, 1.807) is 31.0 Å². The van der Waals surface area contributed by atoms with Gasteiger partial charge in [-0.15, -0.1) is 6.42 Å². The molecule has 0 amide bonds. The van der Waals surface area contributed by atoms with Gasteiger partial charge in [0.25, 0.3) is 0 Å². The van der Waals surface area contributed by atoms with Crippen LogP contribution in [0.5, 0.6) is 0 Å². The summed E-state index contributed by atoms with van der Waals surface area (Å²) in [7, 11) is 0. The van der Waals surface area contributed by atoms with Gasteiger partial charge in [0.1, 0.15) is 45.9 Å². The van der Waals surface area contributed by atoms with Crippen LogP contribution in [0.25, 0.3) is 90.4 Å². The van der Waals surface area contributed by atoms with E-state index in [-0.39, 0.29) is 19.8 Å². The average molecular weight is 1420 g/mol. The monoisotopic (exact) mass is 1420 g/mol. The van der Waals surface area contributed by atoms with Gasteiger partial charge in [-0.3, -0.25) is 27.6 Å². The summed E-state index contributed by atoms with van der Waals surface area (Å²) in [6.45, 7) is 3.83. The van der Waals surface area contributed by atoms with E-state index >= 15 is 0 Å². The van der Waals surface area contributed by atoms with E-state index in [4.69, 9.17) is 38.0 Å².